The third-order valence-electron chi connectivity index (χ3n) is 2.45. The van der Waals surface area contributed by atoms with Crippen LogP contribution in [0.5, 0.6) is 5.88 Å². The van der Waals surface area contributed by atoms with Crippen LogP contribution in [-0.2, 0) is 6.18 Å². The third kappa shape index (κ3) is 3.33. The maximum absolute atomic E-state index is 12.5. The molecule has 0 saturated heterocycles. The van der Waals surface area contributed by atoms with E-state index >= 15 is 0 Å². The quantitative estimate of drug-likeness (QED) is 0.909. The summed E-state index contributed by atoms with van der Waals surface area (Å²) in [4.78, 5) is 18.2. The highest BCUT2D eigenvalue weighted by atomic mass is 19.4. The van der Waals surface area contributed by atoms with Crippen molar-refractivity contribution >= 4 is 5.91 Å². The fourth-order valence-electron chi connectivity index (χ4n) is 1.40. The largest absolute Gasteiger partial charge is 0.477 e. The number of nitrogens with zero attached hydrogens (tertiary/aromatic N) is 2. The van der Waals surface area contributed by atoms with Gasteiger partial charge in [-0.15, -0.1) is 0 Å². The zero-order valence-corrected chi connectivity index (χ0v) is 10.1. The van der Waals surface area contributed by atoms with Crippen molar-refractivity contribution in [2.24, 2.45) is 0 Å². The van der Waals surface area contributed by atoms with E-state index in [4.69, 9.17) is 4.74 Å². The molecule has 0 aliphatic heterocycles. The first kappa shape index (κ1) is 13.6. The van der Waals surface area contributed by atoms with E-state index in [0.717, 1.165) is 19.0 Å². The van der Waals surface area contributed by atoms with E-state index in [1.807, 2.05) is 0 Å². The molecule has 19 heavy (non-hydrogen) atoms. The maximum atomic E-state index is 12.5. The van der Waals surface area contributed by atoms with Gasteiger partial charge in [0.15, 0.2) is 0 Å². The molecule has 1 aromatic heterocycles. The molecular formula is C11H12F3N3O2. The molecule has 1 aromatic rings. The van der Waals surface area contributed by atoms with E-state index in [1.165, 1.54) is 0 Å². The number of carbonyl (C=O) groups excluding carboxylic acids is 1. The van der Waals surface area contributed by atoms with Gasteiger partial charge in [0.25, 0.3) is 5.91 Å². The van der Waals surface area contributed by atoms with Crippen molar-refractivity contribution in [3.05, 3.63) is 17.6 Å². The van der Waals surface area contributed by atoms with E-state index in [1.54, 1.807) is 6.92 Å². The number of amides is 1. The Bertz CT molecular complexity index is 487. The molecule has 5 nitrogen and oxygen atoms in total. The SMILES string of the molecule is CCOc1nc(C(F)(F)F)ncc1C(=O)NC1CC1. The van der Waals surface area contributed by atoms with E-state index in [2.05, 4.69) is 15.3 Å². The van der Waals surface area contributed by atoms with Crippen LogP contribution < -0.4 is 10.1 Å². The summed E-state index contributed by atoms with van der Waals surface area (Å²) in [7, 11) is 0. The molecule has 0 bridgehead atoms. The molecule has 0 aromatic carbocycles. The van der Waals surface area contributed by atoms with Gasteiger partial charge < -0.3 is 10.1 Å². The van der Waals surface area contributed by atoms with Gasteiger partial charge in [-0.05, 0) is 19.8 Å². The fourth-order valence-corrected chi connectivity index (χ4v) is 1.40. The van der Waals surface area contributed by atoms with Crippen LogP contribution in [0, 0.1) is 0 Å². The summed E-state index contributed by atoms with van der Waals surface area (Å²) in [6.07, 6.45) is -2.08. The van der Waals surface area contributed by atoms with Crippen LogP contribution in [0.2, 0.25) is 0 Å². The van der Waals surface area contributed by atoms with Gasteiger partial charge in [-0.3, -0.25) is 4.79 Å². The van der Waals surface area contributed by atoms with Crippen LogP contribution in [0.1, 0.15) is 35.9 Å². The van der Waals surface area contributed by atoms with Crippen molar-refractivity contribution in [2.75, 3.05) is 6.61 Å². The van der Waals surface area contributed by atoms with Gasteiger partial charge >= 0.3 is 6.18 Å². The number of alkyl halides is 3. The smallest absolute Gasteiger partial charge is 0.451 e. The maximum Gasteiger partial charge on any atom is 0.451 e. The highest BCUT2D eigenvalue weighted by molar-refractivity contribution is 5.96. The topological polar surface area (TPSA) is 64.1 Å². The van der Waals surface area contributed by atoms with Crippen molar-refractivity contribution in [1.82, 2.24) is 15.3 Å². The third-order valence-corrected chi connectivity index (χ3v) is 2.45. The van der Waals surface area contributed by atoms with Crippen LogP contribution in [-0.4, -0.2) is 28.5 Å². The number of carbonyl (C=O) groups is 1. The van der Waals surface area contributed by atoms with Gasteiger partial charge in [0, 0.05) is 12.2 Å². The predicted octanol–water partition coefficient (Wildman–Crippen LogP) is 1.79. The number of hydrogen-bond acceptors (Lipinski definition) is 4. The van der Waals surface area contributed by atoms with Crippen molar-refractivity contribution in [3.63, 3.8) is 0 Å². The van der Waals surface area contributed by atoms with Crippen LogP contribution in [0.4, 0.5) is 13.2 Å². The summed E-state index contributed by atoms with van der Waals surface area (Å²) in [5, 5.41) is 2.65. The van der Waals surface area contributed by atoms with Crippen molar-refractivity contribution in [1.29, 1.82) is 0 Å². The number of ether oxygens (including phenoxy) is 1. The molecule has 1 fully saturated rings. The van der Waals surface area contributed by atoms with Gasteiger partial charge in [-0.25, -0.2) is 4.98 Å². The second-order valence-electron chi connectivity index (χ2n) is 4.09. The van der Waals surface area contributed by atoms with Crippen LogP contribution in [0.3, 0.4) is 0 Å². The zero-order chi connectivity index (χ0) is 14.0. The van der Waals surface area contributed by atoms with Crippen molar-refractivity contribution in [2.45, 2.75) is 32.0 Å². The molecule has 1 saturated carbocycles. The van der Waals surface area contributed by atoms with Crippen molar-refractivity contribution < 1.29 is 22.7 Å². The van der Waals surface area contributed by atoms with Crippen LogP contribution >= 0.6 is 0 Å². The molecule has 0 spiro atoms. The standard InChI is InChI=1S/C11H12F3N3O2/c1-2-19-9-7(8(18)16-6-3-4-6)5-15-10(17-9)11(12,13)14/h5-6H,2-4H2,1H3,(H,16,18). The fraction of sp³-hybridized carbons (Fsp3) is 0.545. The summed E-state index contributed by atoms with van der Waals surface area (Å²) >= 11 is 0. The van der Waals surface area contributed by atoms with E-state index in [9.17, 15) is 18.0 Å². The monoisotopic (exact) mass is 275 g/mol. The Morgan fingerprint density at radius 1 is 1.53 bits per heavy atom. The molecule has 1 aliphatic carbocycles. The highest BCUT2D eigenvalue weighted by Gasteiger charge is 2.36. The minimum absolute atomic E-state index is 0.0817. The van der Waals surface area contributed by atoms with Crippen LogP contribution in [0.15, 0.2) is 6.20 Å². The van der Waals surface area contributed by atoms with Crippen molar-refractivity contribution in [3.8, 4) is 5.88 Å². The summed E-state index contributed by atoms with van der Waals surface area (Å²) < 4.78 is 42.4. The predicted molar refractivity (Wildman–Crippen MR) is 58.7 cm³/mol. The van der Waals surface area contributed by atoms with Gasteiger partial charge in [-0.2, -0.15) is 18.2 Å². The first-order chi connectivity index (χ1) is 8.91. The van der Waals surface area contributed by atoms with Gasteiger partial charge in [-0.1, -0.05) is 0 Å². The van der Waals surface area contributed by atoms with Crippen LogP contribution in [0.25, 0.3) is 0 Å². The normalized spacial score (nSPS) is 15.2. The number of halogens is 3. The Morgan fingerprint density at radius 3 is 2.74 bits per heavy atom. The average molecular weight is 275 g/mol. The van der Waals surface area contributed by atoms with Gasteiger partial charge in [0.1, 0.15) is 5.56 Å². The lowest BCUT2D eigenvalue weighted by atomic mass is 10.3. The molecule has 0 atom stereocenters. The Morgan fingerprint density at radius 2 is 2.21 bits per heavy atom. The Kier molecular flexibility index (Phi) is 3.59. The Balaban J connectivity index is 2.28. The minimum atomic E-state index is -4.67. The molecule has 0 unspecified atom stereocenters. The molecule has 1 amide bonds. The summed E-state index contributed by atoms with van der Waals surface area (Å²) in [5.41, 5.74) is -0.0817. The minimum Gasteiger partial charge on any atom is -0.477 e. The van der Waals surface area contributed by atoms with E-state index in [-0.39, 0.29) is 24.1 Å². The zero-order valence-electron chi connectivity index (χ0n) is 10.1. The number of aromatic nitrogens is 2. The first-order valence-corrected chi connectivity index (χ1v) is 5.79. The molecule has 1 heterocycles. The highest BCUT2D eigenvalue weighted by Crippen LogP contribution is 2.28. The lowest BCUT2D eigenvalue weighted by molar-refractivity contribution is -0.145. The number of nitrogens with one attached hydrogen (secondary N) is 1. The molecule has 8 heteroatoms. The van der Waals surface area contributed by atoms with Gasteiger partial charge in [0.05, 0.1) is 6.61 Å². The second-order valence-corrected chi connectivity index (χ2v) is 4.09. The average Bonchev–Trinajstić information content (AvgIpc) is 3.12. The molecule has 2 rings (SSSR count). The Hall–Kier alpha value is -1.86. The summed E-state index contributed by atoms with van der Waals surface area (Å²) in [6.45, 7) is 1.70. The first-order valence-electron chi connectivity index (χ1n) is 5.79. The molecule has 1 N–H and O–H groups in total. The van der Waals surface area contributed by atoms with E-state index in [0.29, 0.717) is 0 Å². The summed E-state index contributed by atoms with van der Waals surface area (Å²) in [6, 6.07) is 0.0873. The number of rotatable bonds is 4. The lowest BCUT2D eigenvalue weighted by Crippen LogP contribution is -2.27. The number of hydrogen-bond donors (Lipinski definition) is 1. The lowest BCUT2D eigenvalue weighted by Gasteiger charge is -2.11. The second kappa shape index (κ2) is 5.02. The molecule has 104 valence electrons. The summed E-state index contributed by atoms with van der Waals surface area (Å²) in [5.74, 6) is -2.18. The molecular weight excluding hydrogens is 263 g/mol. The van der Waals surface area contributed by atoms with Gasteiger partial charge in [0.2, 0.25) is 11.7 Å². The molecule has 0 radical (unpaired) electrons. The van der Waals surface area contributed by atoms with E-state index < -0.39 is 17.9 Å². The molecule has 1 aliphatic rings. The Labute approximate surface area is 107 Å².